The zero-order valence-electron chi connectivity index (χ0n) is 17.6. The quantitative estimate of drug-likeness (QED) is 0.243. The van der Waals surface area contributed by atoms with E-state index >= 15 is 0 Å². The molecule has 0 fully saturated rings. The predicted octanol–water partition coefficient (Wildman–Crippen LogP) is 4.17. The summed E-state index contributed by atoms with van der Waals surface area (Å²) >= 11 is 3.45. The van der Waals surface area contributed by atoms with Gasteiger partial charge in [0.1, 0.15) is 11.4 Å². The number of carbonyl (C=O) groups is 1. The monoisotopic (exact) mass is 505 g/mol. The number of hydrogen-bond acceptors (Lipinski definition) is 5. The average Bonchev–Trinajstić information content (AvgIpc) is 3.43. The first-order valence-corrected chi connectivity index (χ1v) is 11.1. The summed E-state index contributed by atoms with van der Waals surface area (Å²) in [6, 6.07) is 9.01. The van der Waals surface area contributed by atoms with Gasteiger partial charge in [0.05, 0.1) is 24.0 Å². The number of nitrogens with zero attached hydrogens (tertiary/aromatic N) is 1. The third kappa shape index (κ3) is 3.46. The minimum atomic E-state index is -0.475. The van der Waals surface area contributed by atoms with Crippen LogP contribution in [0, 0.1) is 0 Å². The third-order valence-corrected chi connectivity index (χ3v) is 6.46. The smallest absolute Gasteiger partial charge is 0.275 e. The van der Waals surface area contributed by atoms with E-state index in [0.29, 0.717) is 39.0 Å². The van der Waals surface area contributed by atoms with Crippen molar-refractivity contribution in [1.82, 2.24) is 19.9 Å². The second-order valence-corrected chi connectivity index (χ2v) is 8.80. The molecule has 0 aliphatic rings. The fraction of sp³-hybridized carbons (Fsp3) is 0.125. The second kappa shape index (κ2) is 8.02. The van der Waals surface area contributed by atoms with Crippen LogP contribution in [0.25, 0.3) is 44.3 Å². The van der Waals surface area contributed by atoms with Gasteiger partial charge in [-0.15, -0.1) is 0 Å². The number of carbonyl (C=O) groups excluding carboxylic acids is 1. The van der Waals surface area contributed by atoms with Gasteiger partial charge in [0.2, 0.25) is 0 Å². The first-order chi connectivity index (χ1) is 15.9. The number of rotatable bonds is 5. The Hall–Kier alpha value is -3.69. The van der Waals surface area contributed by atoms with Gasteiger partial charge < -0.3 is 25.8 Å². The maximum absolute atomic E-state index is 13.0. The van der Waals surface area contributed by atoms with Gasteiger partial charge in [-0.25, -0.2) is 4.98 Å². The molecular weight excluding hydrogens is 486 g/mol. The summed E-state index contributed by atoms with van der Waals surface area (Å²) in [7, 11) is 0. The zero-order valence-corrected chi connectivity index (χ0v) is 19.2. The SMILES string of the molecule is CC(C(=O)CN)c1ccc(O)c2[nH]cc(-c3cnc(-c4c[nH]c5cc(Br)ccc45)c(=O)[nH]3)c12. The van der Waals surface area contributed by atoms with Crippen molar-refractivity contribution in [3.05, 3.63) is 69.3 Å². The number of hydrogen-bond donors (Lipinski definition) is 5. The number of halogens is 1. The molecule has 5 aromatic rings. The molecule has 1 atom stereocenters. The van der Waals surface area contributed by atoms with Crippen LogP contribution in [0.3, 0.4) is 0 Å². The Labute approximate surface area is 196 Å². The molecule has 0 aliphatic carbocycles. The minimum absolute atomic E-state index is 0.0456. The number of phenols is 1. The van der Waals surface area contributed by atoms with E-state index in [4.69, 9.17) is 5.73 Å². The number of aromatic nitrogens is 4. The number of H-pyrrole nitrogens is 3. The molecule has 5 rings (SSSR count). The van der Waals surface area contributed by atoms with Crippen molar-refractivity contribution in [2.75, 3.05) is 6.54 Å². The van der Waals surface area contributed by atoms with Gasteiger partial charge in [0.25, 0.3) is 5.56 Å². The zero-order chi connectivity index (χ0) is 23.3. The fourth-order valence-corrected chi connectivity index (χ4v) is 4.57. The Bertz CT molecular complexity index is 1600. The van der Waals surface area contributed by atoms with Crippen LogP contribution in [0.2, 0.25) is 0 Å². The number of phenolic OH excluding ortho intramolecular Hbond substituents is 1. The highest BCUT2D eigenvalue weighted by molar-refractivity contribution is 9.10. The van der Waals surface area contributed by atoms with E-state index in [-0.39, 0.29) is 23.6 Å². The van der Waals surface area contributed by atoms with Crippen molar-refractivity contribution in [2.45, 2.75) is 12.8 Å². The lowest BCUT2D eigenvalue weighted by molar-refractivity contribution is -0.118. The highest BCUT2D eigenvalue weighted by Crippen LogP contribution is 2.38. The first-order valence-electron chi connectivity index (χ1n) is 10.3. The molecule has 9 heteroatoms. The van der Waals surface area contributed by atoms with Crippen LogP contribution in [0.4, 0.5) is 0 Å². The Morgan fingerprint density at radius 2 is 1.97 bits per heavy atom. The van der Waals surface area contributed by atoms with E-state index < -0.39 is 5.92 Å². The summed E-state index contributed by atoms with van der Waals surface area (Å²) in [5, 5.41) is 11.9. The number of benzene rings is 2. The normalized spacial score (nSPS) is 12.5. The van der Waals surface area contributed by atoms with Crippen LogP contribution in [0.1, 0.15) is 18.4 Å². The summed E-state index contributed by atoms with van der Waals surface area (Å²) in [5.74, 6) is -0.552. The van der Waals surface area contributed by atoms with E-state index in [1.807, 2.05) is 18.2 Å². The average molecular weight is 506 g/mol. The van der Waals surface area contributed by atoms with Crippen LogP contribution < -0.4 is 11.3 Å². The number of nitrogens with one attached hydrogen (secondary N) is 3. The lowest BCUT2D eigenvalue weighted by Gasteiger charge is -2.13. The molecule has 0 saturated heterocycles. The summed E-state index contributed by atoms with van der Waals surface area (Å²) in [4.78, 5) is 38.9. The lowest BCUT2D eigenvalue weighted by Crippen LogP contribution is -2.19. The molecule has 33 heavy (non-hydrogen) atoms. The molecule has 1 unspecified atom stereocenters. The maximum Gasteiger partial charge on any atom is 0.275 e. The van der Waals surface area contributed by atoms with E-state index in [1.165, 1.54) is 6.07 Å². The number of aromatic hydroxyl groups is 1. The van der Waals surface area contributed by atoms with E-state index in [2.05, 4.69) is 35.9 Å². The molecule has 166 valence electrons. The van der Waals surface area contributed by atoms with Crippen molar-refractivity contribution in [2.24, 2.45) is 5.73 Å². The summed E-state index contributed by atoms with van der Waals surface area (Å²) in [5.41, 5.74) is 9.39. The molecule has 2 aromatic carbocycles. The fourth-order valence-electron chi connectivity index (χ4n) is 4.21. The van der Waals surface area contributed by atoms with Crippen molar-refractivity contribution < 1.29 is 9.90 Å². The summed E-state index contributed by atoms with van der Waals surface area (Å²) in [6.45, 7) is 1.69. The molecule has 0 saturated carbocycles. The van der Waals surface area contributed by atoms with Gasteiger partial charge in [-0.2, -0.15) is 0 Å². The number of aromatic amines is 3. The topological polar surface area (TPSA) is 141 Å². The molecule has 0 spiro atoms. The van der Waals surface area contributed by atoms with Gasteiger partial charge in [0, 0.05) is 50.2 Å². The molecule has 3 aromatic heterocycles. The van der Waals surface area contributed by atoms with E-state index in [1.54, 1.807) is 31.6 Å². The van der Waals surface area contributed by atoms with E-state index in [9.17, 15) is 14.7 Å². The van der Waals surface area contributed by atoms with Crippen LogP contribution in [-0.2, 0) is 4.79 Å². The van der Waals surface area contributed by atoms with Gasteiger partial charge in [-0.1, -0.05) is 35.0 Å². The third-order valence-electron chi connectivity index (χ3n) is 5.97. The van der Waals surface area contributed by atoms with Crippen molar-refractivity contribution in [1.29, 1.82) is 0 Å². The van der Waals surface area contributed by atoms with E-state index in [0.717, 1.165) is 15.4 Å². The highest BCUT2D eigenvalue weighted by Gasteiger charge is 2.22. The molecule has 0 aliphatic heterocycles. The Morgan fingerprint density at radius 3 is 2.73 bits per heavy atom. The van der Waals surface area contributed by atoms with Crippen LogP contribution in [-0.4, -0.2) is 37.4 Å². The standard InChI is InChI=1S/C24H20BrN5O3/c1-11(20(32)7-26)13-4-5-19(31)23-21(13)16(9-28-23)18-10-29-22(24(33)30-18)15-8-27-17-6-12(25)2-3-14(15)17/h2-6,8-11,27-28,31H,7,26H2,1H3,(H,30,33). The Balaban J connectivity index is 1.66. The minimum Gasteiger partial charge on any atom is -0.506 e. The van der Waals surface area contributed by atoms with Gasteiger partial charge in [0.15, 0.2) is 5.78 Å². The molecule has 8 nitrogen and oxygen atoms in total. The van der Waals surface area contributed by atoms with Crippen LogP contribution in [0.15, 0.2) is 58.2 Å². The highest BCUT2D eigenvalue weighted by atomic mass is 79.9. The maximum atomic E-state index is 13.0. The second-order valence-electron chi connectivity index (χ2n) is 7.89. The molecule has 6 N–H and O–H groups in total. The number of fused-ring (bicyclic) bond motifs is 2. The van der Waals surface area contributed by atoms with Crippen LogP contribution >= 0.6 is 15.9 Å². The van der Waals surface area contributed by atoms with Crippen molar-refractivity contribution in [3.8, 4) is 28.3 Å². The molecule has 0 radical (unpaired) electrons. The van der Waals surface area contributed by atoms with Crippen molar-refractivity contribution >= 4 is 43.5 Å². The number of Topliss-reactive ketones (excluding diaryl/α,β-unsaturated/α-hetero) is 1. The van der Waals surface area contributed by atoms with Gasteiger partial charge >= 0.3 is 0 Å². The Kier molecular flexibility index (Phi) is 5.15. The number of ketones is 1. The largest absolute Gasteiger partial charge is 0.506 e. The molecule has 0 bridgehead atoms. The predicted molar refractivity (Wildman–Crippen MR) is 131 cm³/mol. The van der Waals surface area contributed by atoms with Crippen molar-refractivity contribution in [3.63, 3.8) is 0 Å². The molecule has 0 amide bonds. The molecular formula is C24H20BrN5O3. The van der Waals surface area contributed by atoms with Crippen LogP contribution in [0.5, 0.6) is 5.75 Å². The van der Waals surface area contributed by atoms with Gasteiger partial charge in [-0.3, -0.25) is 9.59 Å². The first kappa shape index (κ1) is 21.2. The summed E-state index contributed by atoms with van der Waals surface area (Å²) in [6.07, 6.45) is 5.03. The summed E-state index contributed by atoms with van der Waals surface area (Å²) < 4.78 is 0.932. The number of nitrogens with two attached hydrogens (primary N) is 1. The Morgan fingerprint density at radius 1 is 1.18 bits per heavy atom. The molecule has 3 heterocycles. The van der Waals surface area contributed by atoms with Gasteiger partial charge in [-0.05, 0) is 23.8 Å². The lowest BCUT2D eigenvalue weighted by atomic mass is 9.91.